The molecule has 0 atom stereocenters. The monoisotopic (exact) mass is 255 g/mol. The number of amides is 1. The lowest BCUT2D eigenvalue weighted by Crippen LogP contribution is -2.22. The van der Waals surface area contributed by atoms with Crippen LogP contribution < -0.4 is 15.2 Å². The van der Waals surface area contributed by atoms with Crippen LogP contribution in [0.15, 0.2) is 18.2 Å². The summed E-state index contributed by atoms with van der Waals surface area (Å²) in [5.74, 6) is 0.394. The van der Waals surface area contributed by atoms with E-state index in [-0.39, 0.29) is 6.61 Å². The first-order chi connectivity index (χ1) is 8.62. The SMILES string of the molecule is COc1cc(C(N)=O)ccc1OCC(OC)OC. The van der Waals surface area contributed by atoms with E-state index in [1.165, 1.54) is 27.4 Å². The largest absolute Gasteiger partial charge is 0.493 e. The number of carbonyl (C=O) groups is 1. The van der Waals surface area contributed by atoms with Crippen LogP contribution in [0.1, 0.15) is 10.4 Å². The summed E-state index contributed by atoms with van der Waals surface area (Å²) in [5.41, 5.74) is 5.53. The van der Waals surface area contributed by atoms with Gasteiger partial charge in [-0.3, -0.25) is 4.79 Å². The fourth-order valence-electron chi connectivity index (χ4n) is 1.33. The van der Waals surface area contributed by atoms with Gasteiger partial charge in [0.05, 0.1) is 7.11 Å². The highest BCUT2D eigenvalue weighted by atomic mass is 16.7. The van der Waals surface area contributed by atoms with Gasteiger partial charge in [0.25, 0.3) is 0 Å². The number of nitrogens with two attached hydrogens (primary N) is 1. The summed E-state index contributed by atoms with van der Waals surface area (Å²) >= 11 is 0. The second kappa shape index (κ2) is 6.83. The second-order valence-electron chi connectivity index (χ2n) is 3.44. The minimum atomic E-state index is -0.522. The van der Waals surface area contributed by atoms with Gasteiger partial charge < -0.3 is 24.7 Å². The predicted octanol–water partition coefficient (Wildman–Crippen LogP) is 0.792. The van der Waals surface area contributed by atoms with E-state index in [2.05, 4.69) is 0 Å². The first-order valence-corrected chi connectivity index (χ1v) is 5.28. The van der Waals surface area contributed by atoms with Gasteiger partial charge in [-0.05, 0) is 18.2 Å². The standard InChI is InChI=1S/C12H17NO5/c1-15-10-6-8(12(13)14)4-5-9(10)18-7-11(16-2)17-3/h4-6,11H,7H2,1-3H3,(H2,13,14). The lowest BCUT2D eigenvalue weighted by Gasteiger charge is -2.16. The Bertz CT molecular complexity index is 403. The van der Waals surface area contributed by atoms with Crippen LogP contribution in [0.25, 0.3) is 0 Å². The van der Waals surface area contributed by atoms with Crippen LogP contribution in [-0.4, -0.2) is 40.1 Å². The topological polar surface area (TPSA) is 80.0 Å². The third-order valence-electron chi connectivity index (χ3n) is 2.35. The molecular formula is C12H17NO5. The number of hydrogen-bond acceptors (Lipinski definition) is 5. The molecule has 6 heteroatoms. The van der Waals surface area contributed by atoms with E-state index in [9.17, 15) is 4.79 Å². The van der Waals surface area contributed by atoms with E-state index in [1.807, 2.05) is 0 Å². The van der Waals surface area contributed by atoms with Crippen LogP contribution in [0.5, 0.6) is 11.5 Å². The Hall–Kier alpha value is -1.79. The summed E-state index contributed by atoms with van der Waals surface area (Å²) in [7, 11) is 4.52. The van der Waals surface area contributed by atoms with Crippen LogP contribution in [0.4, 0.5) is 0 Å². The zero-order valence-corrected chi connectivity index (χ0v) is 10.6. The third-order valence-corrected chi connectivity index (χ3v) is 2.35. The quantitative estimate of drug-likeness (QED) is 0.729. The highest BCUT2D eigenvalue weighted by Crippen LogP contribution is 2.28. The molecule has 6 nitrogen and oxygen atoms in total. The zero-order chi connectivity index (χ0) is 13.5. The minimum Gasteiger partial charge on any atom is -0.493 e. The van der Waals surface area contributed by atoms with Crippen LogP contribution >= 0.6 is 0 Å². The number of hydrogen-bond donors (Lipinski definition) is 1. The lowest BCUT2D eigenvalue weighted by molar-refractivity contribution is -0.122. The fourth-order valence-corrected chi connectivity index (χ4v) is 1.33. The minimum absolute atomic E-state index is 0.208. The molecule has 18 heavy (non-hydrogen) atoms. The van der Waals surface area contributed by atoms with Gasteiger partial charge in [-0.15, -0.1) is 0 Å². The Morgan fingerprint density at radius 1 is 1.22 bits per heavy atom. The summed E-state index contributed by atoms with van der Waals surface area (Å²) < 4.78 is 20.6. The number of benzene rings is 1. The number of primary amides is 1. The number of carbonyl (C=O) groups excluding carboxylic acids is 1. The molecule has 0 aromatic heterocycles. The molecule has 0 heterocycles. The van der Waals surface area contributed by atoms with Crippen molar-refractivity contribution in [3.8, 4) is 11.5 Å². The van der Waals surface area contributed by atoms with Gasteiger partial charge in [0.15, 0.2) is 17.8 Å². The average molecular weight is 255 g/mol. The van der Waals surface area contributed by atoms with Gasteiger partial charge in [0.2, 0.25) is 5.91 Å². The van der Waals surface area contributed by atoms with E-state index < -0.39 is 12.2 Å². The van der Waals surface area contributed by atoms with Gasteiger partial charge in [0.1, 0.15) is 6.61 Å². The molecule has 1 rings (SSSR count). The van der Waals surface area contributed by atoms with Crippen molar-refractivity contribution >= 4 is 5.91 Å². The first kappa shape index (κ1) is 14.3. The molecule has 0 fully saturated rings. The molecule has 0 spiro atoms. The van der Waals surface area contributed by atoms with E-state index in [4.69, 9.17) is 24.7 Å². The Balaban J connectivity index is 2.79. The van der Waals surface area contributed by atoms with Crippen molar-refractivity contribution in [3.05, 3.63) is 23.8 Å². The van der Waals surface area contributed by atoms with Gasteiger partial charge in [-0.25, -0.2) is 0 Å². The van der Waals surface area contributed by atoms with E-state index in [1.54, 1.807) is 12.1 Å². The molecule has 0 aliphatic heterocycles. The average Bonchev–Trinajstić information content (AvgIpc) is 2.39. The van der Waals surface area contributed by atoms with Gasteiger partial charge in [0, 0.05) is 19.8 Å². The van der Waals surface area contributed by atoms with Crippen molar-refractivity contribution < 1.29 is 23.7 Å². The molecule has 1 amide bonds. The van der Waals surface area contributed by atoms with E-state index >= 15 is 0 Å². The first-order valence-electron chi connectivity index (χ1n) is 5.28. The van der Waals surface area contributed by atoms with E-state index in [0.29, 0.717) is 17.1 Å². The van der Waals surface area contributed by atoms with Crippen LogP contribution in [0.2, 0.25) is 0 Å². The van der Waals surface area contributed by atoms with Crippen molar-refractivity contribution in [2.75, 3.05) is 27.9 Å². The van der Waals surface area contributed by atoms with Gasteiger partial charge in [-0.1, -0.05) is 0 Å². The third kappa shape index (κ3) is 3.61. The van der Waals surface area contributed by atoms with Crippen molar-refractivity contribution in [1.82, 2.24) is 0 Å². The summed E-state index contributed by atoms with van der Waals surface area (Å²) in [6, 6.07) is 4.70. The Kier molecular flexibility index (Phi) is 5.41. The fraction of sp³-hybridized carbons (Fsp3) is 0.417. The smallest absolute Gasteiger partial charge is 0.248 e. The van der Waals surface area contributed by atoms with Crippen molar-refractivity contribution in [2.24, 2.45) is 5.73 Å². The zero-order valence-electron chi connectivity index (χ0n) is 10.6. The molecule has 0 aliphatic carbocycles. The van der Waals surface area contributed by atoms with E-state index in [0.717, 1.165) is 0 Å². The molecule has 0 aliphatic rings. The normalized spacial score (nSPS) is 10.4. The number of methoxy groups -OCH3 is 3. The molecule has 1 aromatic rings. The van der Waals surface area contributed by atoms with Crippen LogP contribution in [-0.2, 0) is 9.47 Å². The second-order valence-corrected chi connectivity index (χ2v) is 3.44. The summed E-state index contributed by atoms with van der Waals surface area (Å²) in [6.45, 7) is 0.208. The molecule has 0 radical (unpaired) electrons. The molecule has 0 bridgehead atoms. The maximum atomic E-state index is 11.0. The molecule has 0 unspecified atom stereocenters. The molecular weight excluding hydrogens is 238 g/mol. The summed E-state index contributed by atoms with van der Waals surface area (Å²) in [5, 5.41) is 0. The Labute approximate surface area is 106 Å². The Morgan fingerprint density at radius 2 is 1.89 bits per heavy atom. The molecule has 0 saturated carbocycles. The van der Waals surface area contributed by atoms with Gasteiger partial charge in [-0.2, -0.15) is 0 Å². The highest BCUT2D eigenvalue weighted by molar-refractivity contribution is 5.93. The van der Waals surface area contributed by atoms with Crippen LogP contribution in [0, 0.1) is 0 Å². The molecule has 2 N–H and O–H groups in total. The van der Waals surface area contributed by atoms with Crippen molar-refractivity contribution in [3.63, 3.8) is 0 Å². The Morgan fingerprint density at radius 3 is 2.39 bits per heavy atom. The molecule has 1 aromatic carbocycles. The van der Waals surface area contributed by atoms with Crippen molar-refractivity contribution in [2.45, 2.75) is 6.29 Å². The highest BCUT2D eigenvalue weighted by Gasteiger charge is 2.11. The lowest BCUT2D eigenvalue weighted by atomic mass is 10.2. The number of ether oxygens (including phenoxy) is 4. The molecule has 0 saturated heterocycles. The van der Waals surface area contributed by atoms with Crippen molar-refractivity contribution in [1.29, 1.82) is 0 Å². The summed E-state index contributed by atoms with van der Waals surface area (Å²) in [4.78, 5) is 11.0. The predicted molar refractivity (Wildman–Crippen MR) is 64.8 cm³/mol. The maximum Gasteiger partial charge on any atom is 0.248 e. The molecule has 100 valence electrons. The van der Waals surface area contributed by atoms with Gasteiger partial charge >= 0.3 is 0 Å². The van der Waals surface area contributed by atoms with Crippen LogP contribution in [0.3, 0.4) is 0 Å². The number of rotatable bonds is 7. The maximum absolute atomic E-state index is 11.0. The summed E-state index contributed by atoms with van der Waals surface area (Å²) in [6.07, 6.45) is -0.467.